The molecule has 106 valence electrons. The number of amides is 1. The van der Waals surface area contributed by atoms with E-state index in [9.17, 15) is 18.0 Å². The highest BCUT2D eigenvalue weighted by molar-refractivity contribution is 5.75. The van der Waals surface area contributed by atoms with Crippen molar-refractivity contribution >= 4 is 5.91 Å². The zero-order chi connectivity index (χ0) is 14.6. The topological polar surface area (TPSA) is 55.1 Å². The Morgan fingerprint density at radius 1 is 1.26 bits per heavy atom. The Labute approximate surface area is 110 Å². The molecule has 0 saturated heterocycles. The fraction of sp³-hybridized carbons (Fsp3) is 0.462. The molecule has 19 heavy (non-hydrogen) atoms. The lowest BCUT2D eigenvalue weighted by atomic mass is 9.95. The molecule has 3 N–H and O–H groups in total. The molecule has 1 atom stereocenters. The van der Waals surface area contributed by atoms with Crippen molar-refractivity contribution in [2.45, 2.75) is 26.1 Å². The lowest BCUT2D eigenvalue weighted by Crippen LogP contribution is -2.34. The van der Waals surface area contributed by atoms with E-state index in [4.69, 9.17) is 5.73 Å². The van der Waals surface area contributed by atoms with Gasteiger partial charge in [0.1, 0.15) is 0 Å². The lowest BCUT2D eigenvalue weighted by molar-refractivity contribution is -0.137. The molecule has 0 heterocycles. The van der Waals surface area contributed by atoms with Gasteiger partial charge in [-0.25, -0.2) is 0 Å². The molecule has 0 aliphatic carbocycles. The summed E-state index contributed by atoms with van der Waals surface area (Å²) in [5.41, 5.74) is 5.06. The quantitative estimate of drug-likeness (QED) is 0.866. The maximum atomic E-state index is 12.5. The molecule has 3 nitrogen and oxygen atoms in total. The van der Waals surface area contributed by atoms with E-state index in [0.717, 1.165) is 12.1 Å². The molecule has 0 unspecified atom stereocenters. The van der Waals surface area contributed by atoms with Gasteiger partial charge in [-0.3, -0.25) is 4.79 Å². The molecule has 1 aromatic carbocycles. The van der Waals surface area contributed by atoms with Gasteiger partial charge in [0, 0.05) is 6.04 Å². The summed E-state index contributed by atoms with van der Waals surface area (Å²) in [7, 11) is 0. The Kier molecular flexibility index (Phi) is 4.94. The average molecular weight is 274 g/mol. The van der Waals surface area contributed by atoms with Crippen LogP contribution in [-0.4, -0.2) is 12.5 Å². The van der Waals surface area contributed by atoms with Gasteiger partial charge < -0.3 is 11.1 Å². The maximum absolute atomic E-state index is 12.5. The average Bonchev–Trinajstić information content (AvgIpc) is 2.27. The first-order chi connectivity index (χ1) is 8.71. The van der Waals surface area contributed by atoms with Gasteiger partial charge in [-0.2, -0.15) is 13.2 Å². The van der Waals surface area contributed by atoms with E-state index < -0.39 is 17.6 Å². The number of alkyl halides is 3. The monoisotopic (exact) mass is 274 g/mol. The molecular formula is C13H17F3N2O. The Bertz CT molecular complexity index is 427. The van der Waals surface area contributed by atoms with Crippen LogP contribution in [0.1, 0.15) is 31.0 Å². The zero-order valence-electron chi connectivity index (χ0n) is 10.8. The minimum atomic E-state index is -4.34. The standard InChI is InChI=1S/C13H17F3N2O/c1-8(2)12(18-7-11(17)19)9-3-5-10(6-4-9)13(14,15)16/h3-6,8,12,18H,7H2,1-2H3,(H2,17,19)/t12-/m1/s1. The maximum Gasteiger partial charge on any atom is 0.416 e. The largest absolute Gasteiger partial charge is 0.416 e. The smallest absolute Gasteiger partial charge is 0.369 e. The second kappa shape index (κ2) is 6.06. The van der Waals surface area contributed by atoms with Gasteiger partial charge in [0.25, 0.3) is 0 Å². The molecule has 1 amide bonds. The van der Waals surface area contributed by atoms with Gasteiger partial charge in [0.15, 0.2) is 0 Å². The number of halogens is 3. The number of nitrogens with one attached hydrogen (secondary N) is 1. The highest BCUT2D eigenvalue weighted by atomic mass is 19.4. The first kappa shape index (κ1) is 15.5. The van der Waals surface area contributed by atoms with Gasteiger partial charge >= 0.3 is 6.18 Å². The fourth-order valence-corrected chi connectivity index (χ4v) is 1.83. The molecule has 0 fully saturated rings. The number of hydrogen-bond donors (Lipinski definition) is 2. The summed E-state index contributed by atoms with van der Waals surface area (Å²) in [4.78, 5) is 10.8. The van der Waals surface area contributed by atoms with E-state index in [-0.39, 0.29) is 18.5 Å². The highest BCUT2D eigenvalue weighted by Crippen LogP contribution is 2.30. The molecule has 0 radical (unpaired) electrons. The summed E-state index contributed by atoms with van der Waals surface area (Å²) in [6.07, 6.45) is -4.34. The van der Waals surface area contributed by atoms with Crippen LogP contribution in [-0.2, 0) is 11.0 Å². The molecule has 0 aliphatic heterocycles. The Morgan fingerprint density at radius 3 is 2.16 bits per heavy atom. The summed E-state index contributed by atoms with van der Waals surface area (Å²) in [6, 6.07) is 4.70. The summed E-state index contributed by atoms with van der Waals surface area (Å²) < 4.78 is 37.4. The third kappa shape index (κ3) is 4.55. The van der Waals surface area contributed by atoms with Crippen LogP contribution in [0, 0.1) is 5.92 Å². The van der Waals surface area contributed by atoms with E-state index in [1.54, 1.807) is 0 Å². The summed E-state index contributed by atoms with van der Waals surface area (Å²) in [6.45, 7) is 3.82. The molecule has 0 spiro atoms. The van der Waals surface area contributed by atoms with Crippen LogP contribution in [0.25, 0.3) is 0 Å². The molecule has 6 heteroatoms. The molecule has 0 saturated carbocycles. The van der Waals surface area contributed by atoms with Crippen LogP contribution in [0.3, 0.4) is 0 Å². The van der Waals surface area contributed by atoms with E-state index in [0.29, 0.717) is 5.56 Å². The Balaban J connectivity index is 2.88. The molecular weight excluding hydrogens is 257 g/mol. The van der Waals surface area contributed by atoms with Crippen molar-refractivity contribution in [2.75, 3.05) is 6.54 Å². The van der Waals surface area contributed by atoms with Gasteiger partial charge in [0.2, 0.25) is 5.91 Å². The van der Waals surface area contributed by atoms with E-state index in [1.807, 2.05) is 13.8 Å². The van der Waals surface area contributed by atoms with Crippen LogP contribution in [0.4, 0.5) is 13.2 Å². The van der Waals surface area contributed by atoms with Crippen molar-refractivity contribution < 1.29 is 18.0 Å². The molecule has 1 aromatic rings. The lowest BCUT2D eigenvalue weighted by Gasteiger charge is -2.22. The van der Waals surface area contributed by atoms with Gasteiger partial charge in [-0.15, -0.1) is 0 Å². The number of nitrogens with two attached hydrogens (primary N) is 1. The van der Waals surface area contributed by atoms with E-state index in [2.05, 4.69) is 5.32 Å². The van der Waals surface area contributed by atoms with Crippen molar-refractivity contribution in [3.05, 3.63) is 35.4 Å². The van der Waals surface area contributed by atoms with Crippen molar-refractivity contribution in [1.82, 2.24) is 5.32 Å². The van der Waals surface area contributed by atoms with Crippen LogP contribution in [0.15, 0.2) is 24.3 Å². The number of rotatable bonds is 5. The number of carbonyl (C=O) groups excluding carboxylic acids is 1. The van der Waals surface area contributed by atoms with Gasteiger partial charge in [0.05, 0.1) is 12.1 Å². The molecule has 0 aliphatic rings. The number of benzene rings is 1. The Morgan fingerprint density at radius 2 is 1.79 bits per heavy atom. The molecule has 1 rings (SSSR count). The SMILES string of the molecule is CC(C)[C@@H](NCC(N)=O)c1ccc(C(F)(F)F)cc1. The minimum absolute atomic E-state index is 0.0101. The predicted molar refractivity (Wildman–Crippen MR) is 66.2 cm³/mol. The van der Waals surface area contributed by atoms with Crippen molar-refractivity contribution in [3.63, 3.8) is 0 Å². The minimum Gasteiger partial charge on any atom is -0.369 e. The second-order valence-corrected chi connectivity index (χ2v) is 4.69. The van der Waals surface area contributed by atoms with Crippen LogP contribution in [0.5, 0.6) is 0 Å². The van der Waals surface area contributed by atoms with Gasteiger partial charge in [-0.05, 0) is 23.6 Å². The van der Waals surface area contributed by atoms with E-state index in [1.165, 1.54) is 12.1 Å². The third-order valence-corrected chi connectivity index (χ3v) is 2.76. The normalized spacial score (nSPS) is 13.6. The first-order valence-corrected chi connectivity index (χ1v) is 5.90. The van der Waals surface area contributed by atoms with Crippen LogP contribution in [0.2, 0.25) is 0 Å². The second-order valence-electron chi connectivity index (χ2n) is 4.69. The zero-order valence-corrected chi connectivity index (χ0v) is 10.8. The fourth-order valence-electron chi connectivity index (χ4n) is 1.83. The molecule has 0 aromatic heterocycles. The van der Waals surface area contributed by atoms with Crippen molar-refractivity contribution in [2.24, 2.45) is 11.7 Å². The van der Waals surface area contributed by atoms with Crippen LogP contribution < -0.4 is 11.1 Å². The summed E-state index contributed by atoms with van der Waals surface area (Å²) in [5.74, 6) is -0.381. The van der Waals surface area contributed by atoms with Crippen molar-refractivity contribution in [1.29, 1.82) is 0 Å². The summed E-state index contributed by atoms with van der Waals surface area (Å²) >= 11 is 0. The van der Waals surface area contributed by atoms with Gasteiger partial charge in [-0.1, -0.05) is 26.0 Å². The Hall–Kier alpha value is -1.56. The number of hydrogen-bond acceptors (Lipinski definition) is 2. The molecule has 0 bridgehead atoms. The highest BCUT2D eigenvalue weighted by Gasteiger charge is 2.30. The first-order valence-electron chi connectivity index (χ1n) is 5.90. The van der Waals surface area contributed by atoms with Crippen LogP contribution >= 0.6 is 0 Å². The van der Waals surface area contributed by atoms with E-state index >= 15 is 0 Å². The van der Waals surface area contributed by atoms with Crippen molar-refractivity contribution in [3.8, 4) is 0 Å². The summed E-state index contributed by atoms with van der Waals surface area (Å²) in [5, 5.41) is 2.94. The number of primary amides is 1. The third-order valence-electron chi connectivity index (χ3n) is 2.76. The predicted octanol–water partition coefficient (Wildman–Crippen LogP) is 2.48. The number of carbonyl (C=O) groups is 1.